The van der Waals surface area contributed by atoms with Gasteiger partial charge >= 0.3 is 0 Å². The van der Waals surface area contributed by atoms with E-state index < -0.39 is 52.2 Å². The van der Waals surface area contributed by atoms with E-state index >= 15 is 0 Å². The fourth-order valence-corrected chi connectivity index (χ4v) is 9.90. The molecule has 1 saturated heterocycles. The Bertz CT molecular complexity index is 1530. The Morgan fingerprint density at radius 1 is 1.12 bits per heavy atom. The van der Waals surface area contributed by atoms with Gasteiger partial charge in [-0.15, -0.1) is 11.6 Å². The molecule has 2 aromatic rings. The van der Waals surface area contributed by atoms with Crippen molar-refractivity contribution in [1.82, 2.24) is 4.57 Å². The molecule has 228 valence electrons. The Morgan fingerprint density at radius 3 is 2.58 bits per heavy atom. The number of ether oxygens (including phenoxy) is 2. The van der Waals surface area contributed by atoms with Crippen LogP contribution in [-0.4, -0.2) is 60.7 Å². The number of hydrogen-bond donors (Lipinski definition) is 3. The van der Waals surface area contributed by atoms with Gasteiger partial charge in [0.2, 0.25) is 0 Å². The van der Waals surface area contributed by atoms with E-state index in [1.165, 1.54) is 0 Å². The predicted octanol–water partition coefficient (Wildman–Crippen LogP) is 3.99. The zero-order valence-electron chi connectivity index (χ0n) is 24.4. The van der Waals surface area contributed by atoms with E-state index in [4.69, 9.17) is 21.1 Å². The number of fused-ring (bicyclic) bond motifs is 7. The third-order valence-electron chi connectivity index (χ3n) is 11.6. The van der Waals surface area contributed by atoms with Gasteiger partial charge < -0.3 is 29.4 Å². The van der Waals surface area contributed by atoms with Crippen molar-refractivity contribution >= 4 is 23.2 Å². The summed E-state index contributed by atoms with van der Waals surface area (Å²) in [5, 5.41) is 31.5. The first-order chi connectivity index (χ1) is 20.5. The number of halogens is 1. The van der Waals surface area contributed by atoms with Gasteiger partial charge in [-0.05, 0) is 66.9 Å². The lowest BCUT2D eigenvalue weighted by molar-refractivity contribution is -0.197. The quantitative estimate of drug-likeness (QED) is 0.425. The third-order valence-corrected chi connectivity index (χ3v) is 12.5. The average molecular weight is 608 g/mol. The molecule has 0 spiro atoms. The van der Waals surface area contributed by atoms with Crippen molar-refractivity contribution in [2.75, 3.05) is 6.61 Å². The van der Waals surface area contributed by atoms with Crippen LogP contribution in [0.25, 0.3) is 0 Å². The minimum atomic E-state index is -1.44. The molecule has 2 heterocycles. The van der Waals surface area contributed by atoms with Gasteiger partial charge in [0.1, 0.15) is 6.61 Å². The summed E-state index contributed by atoms with van der Waals surface area (Å²) in [6.45, 7) is 3.92. The summed E-state index contributed by atoms with van der Waals surface area (Å²) in [5.41, 5.74) is 0.658. The summed E-state index contributed by atoms with van der Waals surface area (Å²) < 4.78 is 15.3. The molecule has 7 rings (SSSR count). The Balaban J connectivity index is 1.19. The number of nitrogens with zero attached hydrogens (tertiary/aromatic N) is 1. The summed E-state index contributed by atoms with van der Waals surface area (Å²) in [4.78, 5) is 24.9. The van der Waals surface area contributed by atoms with Crippen molar-refractivity contribution in [2.45, 2.75) is 81.7 Å². The number of allylic oxidation sites excluding steroid dienone is 4. The first kappa shape index (κ1) is 29.1. The van der Waals surface area contributed by atoms with Gasteiger partial charge in [0, 0.05) is 35.3 Å². The second kappa shape index (κ2) is 9.96. The van der Waals surface area contributed by atoms with Crippen LogP contribution in [0, 0.1) is 22.7 Å². The number of ketones is 2. The van der Waals surface area contributed by atoms with Gasteiger partial charge in [-0.25, -0.2) is 0 Å². The van der Waals surface area contributed by atoms with Gasteiger partial charge in [0.05, 0.1) is 23.7 Å². The molecule has 0 radical (unpaired) electrons. The summed E-state index contributed by atoms with van der Waals surface area (Å²) in [7, 11) is 0. The normalized spacial score (nSPS) is 41.3. The fraction of sp³-hybridized carbons (Fsp3) is 0.529. The molecular weight excluding hydrogens is 570 g/mol. The molecule has 43 heavy (non-hydrogen) atoms. The average Bonchev–Trinajstić information content (AvgIpc) is 3.67. The van der Waals surface area contributed by atoms with Crippen LogP contribution in [0.2, 0.25) is 0 Å². The molecule has 9 heteroatoms. The number of aromatic nitrogens is 1. The lowest BCUT2D eigenvalue weighted by Gasteiger charge is -2.64. The maximum absolute atomic E-state index is 13.8. The second-order valence-electron chi connectivity index (χ2n) is 13.5. The number of aliphatic hydroxyl groups excluding tert-OH is 3. The SMILES string of the molecule is C[C@]12C=CC(=O)C=C1CC[C@H]1[C@@H]3C[C@H]4O[C@@H](c5ccn(Cc6ccc(CO)cc6)c5)O[C@@]4(C(=O)CO)[C@@]3(C)C[C@H](O)[C@@]12Cl. The highest BCUT2D eigenvalue weighted by molar-refractivity contribution is 6.26. The molecule has 5 aliphatic rings. The van der Waals surface area contributed by atoms with Crippen LogP contribution < -0.4 is 0 Å². The van der Waals surface area contributed by atoms with Crippen molar-refractivity contribution in [3.63, 3.8) is 0 Å². The fourth-order valence-electron chi connectivity index (χ4n) is 9.38. The van der Waals surface area contributed by atoms with Crippen molar-refractivity contribution < 1.29 is 34.4 Å². The van der Waals surface area contributed by atoms with E-state index in [-0.39, 0.29) is 30.6 Å². The summed E-state index contributed by atoms with van der Waals surface area (Å²) in [5.74, 6) is -0.773. The van der Waals surface area contributed by atoms with Crippen LogP contribution in [0.4, 0.5) is 0 Å². The first-order valence-electron chi connectivity index (χ1n) is 15.1. The number of carbonyl (C=O) groups excluding carboxylic acids is 2. The lowest BCUT2D eigenvalue weighted by Crippen LogP contribution is -2.69. The number of hydrogen-bond acceptors (Lipinski definition) is 7. The molecule has 1 aromatic heterocycles. The number of benzene rings is 1. The Hall–Kier alpha value is -2.59. The van der Waals surface area contributed by atoms with Crippen LogP contribution in [-0.2, 0) is 32.2 Å². The number of carbonyl (C=O) groups is 2. The molecule has 9 atom stereocenters. The molecule has 0 unspecified atom stereocenters. The zero-order chi connectivity index (χ0) is 30.4. The van der Waals surface area contributed by atoms with Crippen LogP contribution in [0.15, 0.2) is 66.5 Å². The van der Waals surface area contributed by atoms with Gasteiger partial charge in [-0.2, -0.15) is 0 Å². The van der Waals surface area contributed by atoms with E-state index in [2.05, 4.69) is 0 Å². The minimum Gasteiger partial charge on any atom is -0.392 e. The minimum absolute atomic E-state index is 0.00132. The van der Waals surface area contributed by atoms with Crippen molar-refractivity contribution in [3.05, 3.63) is 83.2 Å². The standard InChI is InChI=1S/C34H38ClNO7/c1-31-11-9-24(39)13-23(31)7-8-25-26-14-29-34(28(41)19-38,32(26,2)15-27(40)33(25,31)35)43-30(42-29)22-10-12-36(17-22)16-20-3-5-21(18-37)6-4-20/h3-6,9-13,17,25-27,29-30,37-38,40H,7-8,14-16,18-19H2,1-2H3/t25-,26-,27-,29+,30+,31-,32-,33-,34+/m0/s1. The van der Waals surface area contributed by atoms with Crippen molar-refractivity contribution in [3.8, 4) is 0 Å². The Labute approximate surface area is 255 Å². The van der Waals surface area contributed by atoms with Crippen molar-refractivity contribution in [2.24, 2.45) is 22.7 Å². The van der Waals surface area contributed by atoms with Gasteiger partial charge in [0.25, 0.3) is 0 Å². The molecule has 0 bridgehead atoms. The molecule has 1 aromatic carbocycles. The third kappa shape index (κ3) is 3.87. The highest BCUT2D eigenvalue weighted by atomic mass is 35.5. The molecule has 3 saturated carbocycles. The van der Waals surface area contributed by atoms with E-state index in [0.717, 1.165) is 22.3 Å². The van der Waals surface area contributed by atoms with Gasteiger partial charge in [-0.3, -0.25) is 9.59 Å². The van der Waals surface area contributed by atoms with Gasteiger partial charge in [-0.1, -0.05) is 49.8 Å². The number of Topliss-reactive ketones (excluding diaryl/α,β-unsaturated/α-hetero) is 1. The number of aliphatic hydroxyl groups is 3. The van der Waals surface area contributed by atoms with E-state index in [1.807, 2.05) is 67.2 Å². The predicted molar refractivity (Wildman–Crippen MR) is 158 cm³/mol. The molecule has 3 N–H and O–H groups in total. The lowest BCUT2D eigenvalue weighted by atomic mass is 9.45. The second-order valence-corrected chi connectivity index (χ2v) is 14.1. The Kier molecular flexibility index (Phi) is 6.75. The molecule has 4 fully saturated rings. The van der Waals surface area contributed by atoms with Gasteiger partial charge in [0.15, 0.2) is 23.5 Å². The zero-order valence-corrected chi connectivity index (χ0v) is 25.2. The van der Waals surface area contributed by atoms with Crippen LogP contribution in [0.5, 0.6) is 0 Å². The van der Waals surface area contributed by atoms with Crippen molar-refractivity contribution in [1.29, 1.82) is 0 Å². The first-order valence-corrected chi connectivity index (χ1v) is 15.5. The smallest absolute Gasteiger partial charge is 0.193 e. The highest BCUT2D eigenvalue weighted by Gasteiger charge is 2.78. The van der Waals surface area contributed by atoms with E-state index in [1.54, 1.807) is 12.2 Å². The maximum atomic E-state index is 13.8. The molecular formula is C34H38ClNO7. The maximum Gasteiger partial charge on any atom is 0.193 e. The summed E-state index contributed by atoms with van der Waals surface area (Å²) >= 11 is 7.56. The molecule has 0 amide bonds. The van der Waals surface area contributed by atoms with Crippen LogP contribution in [0.1, 0.15) is 62.5 Å². The molecule has 4 aliphatic carbocycles. The summed E-state index contributed by atoms with van der Waals surface area (Å²) in [6, 6.07) is 9.66. The monoisotopic (exact) mass is 607 g/mol. The topological polar surface area (TPSA) is 118 Å². The summed E-state index contributed by atoms with van der Waals surface area (Å²) in [6.07, 6.45) is 8.59. The Morgan fingerprint density at radius 2 is 1.86 bits per heavy atom. The number of rotatable bonds is 6. The highest BCUT2D eigenvalue weighted by Crippen LogP contribution is 2.73. The number of alkyl halides is 1. The molecule has 1 aliphatic heterocycles. The molecule has 8 nitrogen and oxygen atoms in total. The van der Waals surface area contributed by atoms with Crippen LogP contribution >= 0.6 is 11.6 Å². The largest absolute Gasteiger partial charge is 0.392 e. The van der Waals surface area contributed by atoms with E-state index in [9.17, 15) is 24.9 Å². The van der Waals surface area contributed by atoms with E-state index in [0.29, 0.717) is 25.8 Å². The van der Waals surface area contributed by atoms with Crippen LogP contribution in [0.3, 0.4) is 0 Å².